The van der Waals surface area contributed by atoms with Crippen molar-refractivity contribution in [2.75, 3.05) is 21.1 Å². The van der Waals surface area contributed by atoms with Gasteiger partial charge in [-0.15, -0.1) is 0 Å². The largest absolute Gasteiger partial charge is 0.369 e. The molecule has 0 saturated heterocycles. The van der Waals surface area contributed by atoms with E-state index in [0.29, 0.717) is 12.0 Å². The average Bonchev–Trinajstić information content (AvgIpc) is 2.17. The van der Waals surface area contributed by atoms with Crippen LogP contribution in [0.15, 0.2) is 4.99 Å². The highest BCUT2D eigenvalue weighted by Crippen LogP contribution is 2.26. The number of nitrogens with zero attached hydrogens (tertiary/aromatic N) is 2. The number of hydrazine groups is 1. The Morgan fingerprint density at radius 3 is 2.13 bits per heavy atom. The summed E-state index contributed by atoms with van der Waals surface area (Å²) in [4.78, 5) is 4.32. The molecule has 88 valence electrons. The standard InChI is InChI=1S/C10H24N5/c1-15(2,3)9-6-4-8(5-7-9)13-10(11)14-12/h8-9H,4-7,12H2,1-3H3,(H3,11,13,14)/q+1. The Morgan fingerprint density at radius 2 is 1.73 bits per heavy atom. The molecule has 0 aromatic heterocycles. The van der Waals surface area contributed by atoms with Crippen LogP contribution >= 0.6 is 0 Å². The summed E-state index contributed by atoms with van der Waals surface area (Å²) in [6, 6.07) is 1.10. The molecule has 0 atom stereocenters. The second kappa shape index (κ2) is 4.81. The van der Waals surface area contributed by atoms with E-state index in [1.807, 2.05) is 0 Å². The van der Waals surface area contributed by atoms with E-state index < -0.39 is 0 Å². The third-order valence-corrected chi connectivity index (χ3v) is 3.23. The molecule has 0 aromatic rings. The summed E-state index contributed by atoms with van der Waals surface area (Å²) in [7, 11) is 6.76. The number of hydrogen-bond acceptors (Lipinski definition) is 2. The SMILES string of the molecule is C[N+](C)(C)C1CCC(N=C(N)NN)CC1. The number of nitrogens with two attached hydrogens (primary N) is 2. The minimum atomic E-state index is 0.351. The fourth-order valence-electron chi connectivity index (χ4n) is 2.20. The maximum Gasteiger partial charge on any atom is 0.203 e. The number of quaternary nitrogens is 1. The molecule has 0 radical (unpaired) electrons. The van der Waals surface area contributed by atoms with Gasteiger partial charge in [-0.1, -0.05) is 0 Å². The van der Waals surface area contributed by atoms with Crippen LogP contribution in [0.25, 0.3) is 0 Å². The molecule has 15 heavy (non-hydrogen) atoms. The second-order valence-electron chi connectivity index (χ2n) is 5.24. The normalized spacial score (nSPS) is 28.9. The van der Waals surface area contributed by atoms with Gasteiger partial charge in [-0.05, 0) is 12.8 Å². The van der Waals surface area contributed by atoms with Crippen molar-refractivity contribution in [3.63, 3.8) is 0 Å². The minimum absolute atomic E-state index is 0.351. The van der Waals surface area contributed by atoms with E-state index in [4.69, 9.17) is 11.6 Å². The number of hydrogen-bond donors (Lipinski definition) is 3. The van der Waals surface area contributed by atoms with Crippen molar-refractivity contribution >= 4 is 5.96 Å². The molecule has 1 saturated carbocycles. The van der Waals surface area contributed by atoms with E-state index in [1.165, 1.54) is 12.8 Å². The highest BCUT2D eigenvalue weighted by molar-refractivity contribution is 5.77. The first kappa shape index (κ1) is 12.3. The lowest BCUT2D eigenvalue weighted by molar-refractivity contribution is -0.897. The molecule has 0 unspecified atom stereocenters. The number of aliphatic imine (C=N–C) groups is 1. The molecule has 0 aliphatic heterocycles. The van der Waals surface area contributed by atoms with Gasteiger partial charge in [0.2, 0.25) is 5.96 Å². The number of nitrogens with one attached hydrogen (secondary N) is 1. The highest BCUT2D eigenvalue weighted by atomic mass is 15.3. The maximum atomic E-state index is 5.53. The minimum Gasteiger partial charge on any atom is -0.369 e. The average molecular weight is 214 g/mol. The van der Waals surface area contributed by atoms with Gasteiger partial charge < -0.3 is 10.2 Å². The summed E-state index contributed by atoms with van der Waals surface area (Å²) in [6.45, 7) is 0. The van der Waals surface area contributed by atoms with Crippen LogP contribution < -0.4 is 17.0 Å². The van der Waals surface area contributed by atoms with E-state index in [2.05, 4.69) is 31.6 Å². The van der Waals surface area contributed by atoms with Crippen molar-refractivity contribution in [1.29, 1.82) is 0 Å². The van der Waals surface area contributed by atoms with Gasteiger partial charge in [0, 0.05) is 12.8 Å². The van der Waals surface area contributed by atoms with Crippen molar-refractivity contribution in [3.8, 4) is 0 Å². The maximum absolute atomic E-state index is 5.53. The number of guanidine groups is 1. The lowest BCUT2D eigenvalue weighted by Crippen LogP contribution is -2.47. The summed E-state index contributed by atoms with van der Waals surface area (Å²) in [5.41, 5.74) is 7.91. The zero-order chi connectivity index (χ0) is 11.5. The predicted octanol–water partition coefficient (Wildman–Crippen LogP) is -0.218. The second-order valence-corrected chi connectivity index (χ2v) is 5.24. The summed E-state index contributed by atoms with van der Waals surface area (Å²) in [5.74, 6) is 5.53. The number of rotatable bonds is 2. The molecule has 1 fully saturated rings. The van der Waals surface area contributed by atoms with Gasteiger partial charge in [-0.2, -0.15) is 0 Å². The Kier molecular flexibility index (Phi) is 3.93. The van der Waals surface area contributed by atoms with E-state index in [0.717, 1.165) is 23.4 Å². The Balaban J connectivity index is 2.43. The van der Waals surface area contributed by atoms with Crippen LogP contribution in [-0.4, -0.2) is 43.7 Å². The van der Waals surface area contributed by atoms with Crippen molar-refractivity contribution in [3.05, 3.63) is 0 Å². The molecule has 5 N–H and O–H groups in total. The molecule has 1 aliphatic rings. The molecule has 1 rings (SSSR count). The molecule has 0 aromatic carbocycles. The Labute approximate surface area is 92.1 Å². The molecule has 0 amide bonds. The van der Waals surface area contributed by atoms with Crippen molar-refractivity contribution in [1.82, 2.24) is 5.43 Å². The van der Waals surface area contributed by atoms with Crippen LogP contribution in [0.2, 0.25) is 0 Å². The Bertz CT molecular complexity index is 222. The summed E-state index contributed by atoms with van der Waals surface area (Å²) >= 11 is 0. The summed E-state index contributed by atoms with van der Waals surface area (Å²) in [6.07, 6.45) is 4.66. The van der Waals surface area contributed by atoms with Crippen LogP contribution in [0, 0.1) is 0 Å². The van der Waals surface area contributed by atoms with Crippen LogP contribution in [0.1, 0.15) is 25.7 Å². The van der Waals surface area contributed by atoms with Crippen LogP contribution in [0.3, 0.4) is 0 Å². The highest BCUT2D eigenvalue weighted by Gasteiger charge is 2.29. The lowest BCUT2D eigenvalue weighted by Gasteiger charge is -2.38. The first-order valence-corrected chi connectivity index (χ1v) is 5.54. The summed E-state index contributed by atoms with van der Waals surface area (Å²) in [5, 5.41) is 0. The topological polar surface area (TPSA) is 76.4 Å². The van der Waals surface area contributed by atoms with Crippen LogP contribution in [0.4, 0.5) is 0 Å². The zero-order valence-electron chi connectivity index (χ0n) is 10.0. The van der Waals surface area contributed by atoms with E-state index in [1.54, 1.807) is 0 Å². The Hall–Kier alpha value is -0.810. The van der Waals surface area contributed by atoms with Gasteiger partial charge >= 0.3 is 0 Å². The fourth-order valence-corrected chi connectivity index (χ4v) is 2.20. The third-order valence-electron chi connectivity index (χ3n) is 3.23. The molecule has 1 aliphatic carbocycles. The first-order chi connectivity index (χ1) is 6.93. The van der Waals surface area contributed by atoms with Gasteiger partial charge in [0.05, 0.1) is 33.2 Å². The first-order valence-electron chi connectivity index (χ1n) is 5.54. The third kappa shape index (κ3) is 3.68. The molecule has 0 bridgehead atoms. The monoisotopic (exact) mass is 214 g/mol. The van der Waals surface area contributed by atoms with Gasteiger partial charge in [0.15, 0.2) is 0 Å². The molecule has 0 spiro atoms. The van der Waals surface area contributed by atoms with Gasteiger partial charge in [-0.3, -0.25) is 5.43 Å². The lowest BCUT2D eigenvalue weighted by atomic mass is 9.90. The molecular weight excluding hydrogens is 190 g/mol. The van der Waals surface area contributed by atoms with Gasteiger partial charge in [-0.25, -0.2) is 10.8 Å². The Morgan fingerprint density at radius 1 is 1.20 bits per heavy atom. The van der Waals surface area contributed by atoms with Crippen molar-refractivity contribution in [2.24, 2.45) is 16.6 Å². The molecular formula is C10H24N5+. The molecule has 5 heteroatoms. The fraction of sp³-hybridized carbons (Fsp3) is 0.900. The predicted molar refractivity (Wildman–Crippen MR) is 63.0 cm³/mol. The molecule has 5 nitrogen and oxygen atoms in total. The van der Waals surface area contributed by atoms with E-state index in [9.17, 15) is 0 Å². The zero-order valence-corrected chi connectivity index (χ0v) is 10.0. The van der Waals surface area contributed by atoms with Crippen LogP contribution in [-0.2, 0) is 0 Å². The van der Waals surface area contributed by atoms with E-state index >= 15 is 0 Å². The quantitative estimate of drug-likeness (QED) is 0.196. The van der Waals surface area contributed by atoms with Crippen molar-refractivity contribution < 1.29 is 4.48 Å². The van der Waals surface area contributed by atoms with Crippen molar-refractivity contribution in [2.45, 2.75) is 37.8 Å². The van der Waals surface area contributed by atoms with Gasteiger partial charge in [0.1, 0.15) is 0 Å². The van der Waals surface area contributed by atoms with Gasteiger partial charge in [0.25, 0.3) is 0 Å². The summed E-state index contributed by atoms with van der Waals surface area (Å²) < 4.78 is 1.04. The smallest absolute Gasteiger partial charge is 0.203 e. The van der Waals surface area contributed by atoms with Crippen LogP contribution in [0.5, 0.6) is 0 Å². The molecule has 0 heterocycles. The van der Waals surface area contributed by atoms with E-state index in [-0.39, 0.29) is 0 Å².